The van der Waals surface area contributed by atoms with Crippen molar-refractivity contribution in [3.05, 3.63) is 23.8 Å². The van der Waals surface area contributed by atoms with Gasteiger partial charge in [-0.15, -0.1) is 0 Å². The second-order valence-electron chi connectivity index (χ2n) is 7.42. The van der Waals surface area contributed by atoms with Crippen LogP contribution in [0.5, 0.6) is 5.75 Å². The number of anilines is 1. The van der Waals surface area contributed by atoms with Gasteiger partial charge in [0, 0.05) is 5.92 Å². The van der Waals surface area contributed by atoms with Gasteiger partial charge in [-0.3, -0.25) is 9.59 Å². The van der Waals surface area contributed by atoms with Crippen LogP contribution in [0.3, 0.4) is 0 Å². The summed E-state index contributed by atoms with van der Waals surface area (Å²) in [5.74, 6) is 0.590. The Balaban J connectivity index is 1.67. The molecule has 6 nitrogen and oxygen atoms in total. The van der Waals surface area contributed by atoms with Gasteiger partial charge in [0.2, 0.25) is 5.91 Å². The Morgan fingerprint density at radius 2 is 2.00 bits per heavy atom. The summed E-state index contributed by atoms with van der Waals surface area (Å²) >= 11 is 0. The predicted molar refractivity (Wildman–Crippen MR) is 99.1 cm³/mol. The number of rotatable bonds is 4. The molecular weight excluding hydrogens is 332 g/mol. The second-order valence-corrected chi connectivity index (χ2v) is 7.42. The molecule has 0 aliphatic carbocycles. The number of benzene rings is 1. The maximum absolute atomic E-state index is 12.6. The summed E-state index contributed by atoms with van der Waals surface area (Å²) in [6.45, 7) is 7.90. The summed E-state index contributed by atoms with van der Waals surface area (Å²) in [7, 11) is 0. The molecule has 142 valence electrons. The molecule has 3 unspecified atom stereocenters. The Morgan fingerprint density at radius 1 is 1.31 bits per heavy atom. The van der Waals surface area contributed by atoms with Crippen molar-refractivity contribution >= 4 is 17.5 Å². The van der Waals surface area contributed by atoms with E-state index in [0.717, 1.165) is 18.4 Å². The lowest BCUT2D eigenvalue weighted by molar-refractivity contribution is -0.133. The minimum Gasteiger partial charge on any atom is -0.478 e. The fourth-order valence-corrected chi connectivity index (χ4v) is 3.73. The maximum atomic E-state index is 12.6. The predicted octanol–water partition coefficient (Wildman–Crippen LogP) is 3.18. The Kier molecular flexibility index (Phi) is 5.51. The summed E-state index contributed by atoms with van der Waals surface area (Å²) < 4.78 is 11.5. The average molecular weight is 360 g/mol. The number of fused-ring (bicyclic) bond motifs is 1. The van der Waals surface area contributed by atoms with Crippen molar-refractivity contribution in [2.45, 2.75) is 71.3 Å². The normalized spacial score (nSPS) is 29.2. The molecule has 1 aromatic rings. The minimum atomic E-state index is -0.465. The van der Waals surface area contributed by atoms with Gasteiger partial charge in [-0.25, -0.2) is 0 Å². The number of carbonyl (C=O) groups is 2. The summed E-state index contributed by atoms with van der Waals surface area (Å²) in [6.07, 6.45) is 1.86. The monoisotopic (exact) mass is 360 g/mol. The maximum Gasteiger partial charge on any atom is 0.265 e. The van der Waals surface area contributed by atoms with E-state index in [9.17, 15) is 9.59 Å². The molecule has 0 bridgehead atoms. The summed E-state index contributed by atoms with van der Waals surface area (Å²) in [4.78, 5) is 24.5. The van der Waals surface area contributed by atoms with Gasteiger partial charge in [-0.2, -0.15) is 0 Å². The van der Waals surface area contributed by atoms with Crippen LogP contribution >= 0.6 is 0 Å². The third kappa shape index (κ3) is 4.01. The molecule has 2 aliphatic rings. The molecule has 2 heterocycles. The number of ether oxygens (including phenoxy) is 2. The zero-order valence-electron chi connectivity index (χ0n) is 15.9. The summed E-state index contributed by atoms with van der Waals surface area (Å²) in [5, 5.41) is 5.97. The van der Waals surface area contributed by atoms with Gasteiger partial charge in [0.25, 0.3) is 5.91 Å². The molecule has 0 spiro atoms. The van der Waals surface area contributed by atoms with Gasteiger partial charge in [0.05, 0.1) is 23.9 Å². The molecule has 3 rings (SSSR count). The molecule has 2 amide bonds. The number of amides is 2. The van der Waals surface area contributed by atoms with E-state index in [0.29, 0.717) is 17.9 Å². The molecule has 5 atom stereocenters. The summed E-state index contributed by atoms with van der Waals surface area (Å²) in [5.41, 5.74) is 1.63. The minimum absolute atomic E-state index is 0.0196. The molecule has 26 heavy (non-hydrogen) atoms. The Hall–Kier alpha value is -2.08. The second kappa shape index (κ2) is 7.66. The van der Waals surface area contributed by atoms with E-state index in [1.807, 2.05) is 45.9 Å². The Bertz CT molecular complexity index is 680. The third-order valence-electron chi connectivity index (χ3n) is 5.12. The van der Waals surface area contributed by atoms with Crippen molar-refractivity contribution in [1.29, 1.82) is 0 Å². The van der Waals surface area contributed by atoms with Crippen LogP contribution in [0.2, 0.25) is 0 Å². The van der Waals surface area contributed by atoms with Crippen molar-refractivity contribution in [3.8, 4) is 5.75 Å². The standard InChI is InChI=1S/C20H28N2O4/c1-5-17-20(24)22-16-7-6-14(10-18(16)26-17)13(4)21-19(23)15-8-11(2)25-12(3)9-15/h6-7,10-13,15,17H,5,8-9H2,1-4H3,(H,21,23)(H,22,24)/t11-,12+,13?,15?,17?. The third-order valence-corrected chi connectivity index (χ3v) is 5.12. The van der Waals surface area contributed by atoms with Crippen LogP contribution in [0.1, 0.15) is 58.6 Å². The van der Waals surface area contributed by atoms with E-state index in [1.54, 1.807) is 0 Å². The van der Waals surface area contributed by atoms with Crippen LogP contribution in [0.4, 0.5) is 5.69 Å². The van der Waals surface area contributed by atoms with Gasteiger partial charge in [0.15, 0.2) is 6.10 Å². The van der Waals surface area contributed by atoms with Crippen molar-refractivity contribution in [1.82, 2.24) is 5.32 Å². The van der Waals surface area contributed by atoms with Gasteiger partial charge in [-0.05, 0) is 57.7 Å². The largest absolute Gasteiger partial charge is 0.478 e. The van der Waals surface area contributed by atoms with E-state index in [1.165, 1.54) is 0 Å². The van der Waals surface area contributed by atoms with Gasteiger partial charge in [-0.1, -0.05) is 13.0 Å². The van der Waals surface area contributed by atoms with E-state index < -0.39 is 6.10 Å². The first kappa shape index (κ1) is 18.7. The molecule has 1 aromatic carbocycles. The smallest absolute Gasteiger partial charge is 0.265 e. The molecule has 1 saturated heterocycles. The van der Waals surface area contributed by atoms with Crippen LogP contribution in [-0.2, 0) is 14.3 Å². The van der Waals surface area contributed by atoms with E-state index >= 15 is 0 Å². The zero-order valence-corrected chi connectivity index (χ0v) is 15.9. The Morgan fingerprint density at radius 3 is 2.65 bits per heavy atom. The molecule has 2 N–H and O–H groups in total. The average Bonchev–Trinajstić information content (AvgIpc) is 2.59. The van der Waals surface area contributed by atoms with Crippen molar-refractivity contribution in [3.63, 3.8) is 0 Å². The fourth-order valence-electron chi connectivity index (χ4n) is 3.73. The highest BCUT2D eigenvalue weighted by Crippen LogP contribution is 2.33. The molecular formula is C20H28N2O4. The van der Waals surface area contributed by atoms with Gasteiger partial charge in [0.1, 0.15) is 5.75 Å². The van der Waals surface area contributed by atoms with E-state index in [2.05, 4.69) is 10.6 Å². The van der Waals surface area contributed by atoms with E-state index in [4.69, 9.17) is 9.47 Å². The Labute approximate surface area is 154 Å². The lowest BCUT2D eigenvalue weighted by atomic mass is 9.91. The van der Waals surface area contributed by atoms with Crippen LogP contribution in [0.25, 0.3) is 0 Å². The highest BCUT2D eigenvalue weighted by atomic mass is 16.5. The SMILES string of the molecule is CCC1Oc2cc(C(C)NC(=O)C3C[C@@H](C)O[C@@H](C)C3)ccc2NC1=O. The van der Waals surface area contributed by atoms with Crippen molar-refractivity contribution in [2.24, 2.45) is 5.92 Å². The number of hydrogen-bond acceptors (Lipinski definition) is 4. The first-order valence-electron chi connectivity index (χ1n) is 9.44. The summed E-state index contributed by atoms with van der Waals surface area (Å²) in [6, 6.07) is 5.50. The molecule has 0 radical (unpaired) electrons. The van der Waals surface area contributed by atoms with Crippen molar-refractivity contribution < 1.29 is 19.1 Å². The number of nitrogens with one attached hydrogen (secondary N) is 2. The molecule has 1 fully saturated rings. The zero-order chi connectivity index (χ0) is 18.8. The lowest BCUT2D eigenvalue weighted by Crippen LogP contribution is -2.40. The molecule has 0 saturated carbocycles. The fraction of sp³-hybridized carbons (Fsp3) is 0.600. The van der Waals surface area contributed by atoms with E-state index in [-0.39, 0.29) is 36.0 Å². The highest BCUT2D eigenvalue weighted by molar-refractivity contribution is 5.97. The molecule has 2 aliphatic heterocycles. The van der Waals surface area contributed by atoms with Crippen LogP contribution in [-0.4, -0.2) is 30.1 Å². The first-order chi connectivity index (χ1) is 12.4. The molecule has 6 heteroatoms. The quantitative estimate of drug-likeness (QED) is 0.865. The van der Waals surface area contributed by atoms with Crippen LogP contribution < -0.4 is 15.4 Å². The van der Waals surface area contributed by atoms with Crippen LogP contribution in [0, 0.1) is 5.92 Å². The van der Waals surface area contributed by atoms with Crippen LogP contribution in [0.15, 0.2) is 18.2 Å². The first-order valence-corrected chi connectivity index (χ1v) is 9.44. The lowest BCUT2D eigenvalue weighted by Gasteiger charge is -2.32. The van der Waals surface area contributed by atoms with Gasteiger partial charge < -0.3 is 20.1 Å². The van der Waals surface area contributed by atoms with Crippen molar-refractivity contribution in [2.75, 3.05) is 5.32 Å². The topological polar surface area (TPSA) is 76.7 Å². The highest BCUT2D eigenvalue weighted by Gasteiger charge is 2.31. The molecule has 0 aromatic heterocycles. The number of carbonyl (C=O) groups excluding carboxylic acids is 2. The van der Waals surface area contributed by atoms with Gasteiger partial charge >= 0.3 is 0 Å². The number of hydrogen-bond donors (Lipinski definition) is 2.